The number of benzene rings is 2. The van der Waals surface area contributed by atoms with Gasteiger partial charge < -0.3 is 20.7 Å². The number of nitrogen functional groups attached to an aromatic ring is 1. The number of likely N-dealkylation sites (N-methyl/N-ethyl adjacent to an activating group) is 1. The number of piperazine rings is 1. The second-order valence-electron chi connectivity index (χ2n) is 9.13. The van der Waals surface area contributed by atoms with Crippen LogP contribution in [0.1, 0.15) is 16.7 Å². The summed E-state index contributed by atoms with van der Waals surface area (Å²) < 4.78 is 6.11. The number of hydrogen-bond acceptors (Lipinski definition) is 9. The van der Waals surface area contributed by atoms with Crippen molar-refractivity contribution in [1.82, 2.24) is 24.8 Å². The van der Waals surface area contributed by atoms with E-state index in [-0.39, 0.29) is 0 Å². The third-order valence-electron chi connectivity index (χ3n) is 6.29. The zero-order valence-corrected chi connectivity index (χ0v) is 21.5. The number of aromatic nitrogens is 3. The standard InChI is InChI=1S/C27H31N7OS/c1-19-3-8-22(15-23(19)30-27-31-24(18-36-27)26-29-10-9-25(28)32-26)35-17-21-6-4-20(5-7-21)16-34-13-11-33(2)12-14-34/h3-10,15,18H,11-14,16-17H2,1-2H3,(H,30,31)(H2,28,29,32). The average molecular weight is 502 g/mol. The van der Waals surface area contributed by atoms with Crippen LogP contribution < -0.4 is 15.8 Å². The van der Waals surface area contributed by atoms with Gasteiger partial charge in [-0.3, -0.25) is 4.90 Å². The normalized spacial score (nSPS) is 14.6. The lowest BCUT2D eigenvalue weighted by atomic mass is 10.1. The van der Waals surface area contributed by atoms with Gasteiger partial charge in [0.1, 0.15) is 23.9 Å². The number of anilines is 3. The van der Waals surface area contributed by atoms with Crippen LogP contribution in [-0.2, 0) is 13.2 Å². The Labute approximate surface area is 215 Å². The van der Waals surface area contributed by atoms with Gasteiger partial charge in [0.25, 0.3) is 0 Å². The highest BCUT2D eigenvalue weighted by atomic mass is 32.1. The predicted molar refractivity (Wildman–Crippen MR) is 146 cm³/mol. The van der Waals surface area contributed by atoms with Gasteiger partial charge in [0.2, 0.25) is 0 Å². The van der Waals surface area contributed by atoms with E-state index in [1.165, 1.54) is 16.9 Å². The van der Waals surface area contributed by atoms with E-state index in [1.807, 2.05) is 23.6 Å². The zero-order chi connectivity index (χ0) is 24.9. The van der Waals surface area contributed by atoms with Crippen LogP contribution in [0.4, 0.5) is 16.6 Å². The molecule has 1 aliphatic rings. The van der Waals surface area contributed by atoms with E-state index < -0.39 is 0 Å². The molecule has 0 aliphatic carbocycles. The quantitative estimate of drug-likeness (QED) is 0.363. The van der Waals surface area contributed by atoms with Crippen LogP contribution in [0, 0.1) is 6.92 Å². The number of thiazole rings is 1. The third kappa shape index (κ3) is 6.17. The fourth-order valence-electron chi connectivity index (χ4n) is 4.04. The molecule has 5 rings (SSSR count). The summed E-state index contributed by atoms with van der Waals surface area (Å²) in [7, 11) is 2.19. The van der Waals surface area contributed by atoms with E-state index in [2.05, 4.69) is 68.3 Å². The van der Waals surface area contributed by atoms with Gasteiger partial charge in [-0.25, -0.2) is 15.0 Å². The van der Waals surface area contributed by atoms with Gasteiger partial charge in [0, 0.05) is 56.1 Å². The van der Waals surface area contributed by atoms with Crippen LogP contribution in [0.15, 0.2) is 60.1 Å². The molecule has 0 atom stereocenters. The number of hydrogen-bond donors (Lipinski definition) is 2. The Bertz CT molecular complexity index is 1300. The van der Waals surface area contributed by atoms with Gasteiger partial charge in [-0.2, -0.15) is 0 Å². The smallest absolute Gasteiger partial charge is 0.187 e. The molecule has 0 saturated carbocycles. The highest BCUT2D eigenvalue weighted by molar-refractivity contribution is 7.14. The molecule has 36 heavy (non-hydrogen) atoms. The molecule has 0 unspecified atom stereocenters. The van der Waals surface area contributed by atoms with Crippen molar-refractivity contribution in [2.45, 2.75) is 20.1 Å². The Morgan fingerprint density at radius 2 is 1.78 bits per heavy atom. The molecule has 3 heterocycles. The van der Waals surface area contributed by atoms with Crippen molar-refractivity contribution in [3.05, 3.63) is 76.8 Å². The van der Waals surface area contributed by atoms with Crippen LogP contribution >= 0.6 is 11.3 Å². The first-order chi connectivity index (χ1) is 17.5. The Balaban J connectivity index is 1.18. The van der Waals surface area contributed by atoms with Gasteiger partial charge >= 0.3 is 0 Å². The van der Waals surface area contributed by atoms with Crippen molar-refractivity contribution in [2.24, 2.45) is 0 Å². The number of aryl methyl sites for hydroxylation is 1. The van der Waals surface area contributed by atoms with Crippen molar-refractivity contribution < 1.29 is 4.74 Å². The highest BCUT2D eigenvalue weighted by Crippen LogP contribution is 2.29. The molecule has 0 bridgehead atoms. The monoisotopic (exact) mass is 501 g/mol. The maximum absolute atomic E-state index is 6.11. The van der Waals surface area contributed by atoms with Gasteiger partial charge in [0.15, 0.2) is 11.0 Å². The van der Waals surface area contributed by atoms with Crippen LogP contribution in [0.25, 0.3) is 11.5 Å². The summed E-state index contributed by atoms with van der Waals surface area (Å²) in [4.78, 5) is 18.0. The molecule has 9 heteroatoms. The first kappa shape index (κ1) is 24.2. The van der Waals surface area contributed by atoms with Gasteiger partial charge in [-0.1, -0.05) is 30.3 Å². The van der Waals surface area contributed by atoms with E-state index in [0.717, 1.165) is 60.4 Å². The molecule has 0 amide bonds. The Kier molecular flexibility index (Phi) is 7.41. The number of nitrogens with zero attached hydrogens (tertiary/aromatic N) is 5. The molecular weight excluding hydrogens is 470 g/mol. The van der Waals surface area contributed by atoms with Crippen LogP contribution in [-0.4, -0.2) is 58.0 Å². The SMILES string of the molecule is Cc1ccc(OCc2ccc(CN3CCN(C)CC3)cc2)cc1Nc1nc(-c2nccc(N)n2)cs1. The molecule has 2 aromatic carbocycles. The Hall–Kier alpha value is -3.53. The van der Waals surface area contributed by atoms with Gasteiger partial charge in [-0.15, -0.1) is 11.3 Å². The Morgan fingerprint density at radius 1 is 1.00 bits per heavy atom. The van der Waals surface area contributed by atoms with Crippen molar-refractivity contribution in [3.8, 4) is 17.3 Å². The maximum atomic E-state index is 6.11. The fraction of sp³-hybridized carbons (Fsp3) is 0.296. The fourth-order valence-corrected chi connectivity index (χ4v) is 4.74. The van der Waals surface area contributed by atoms with E-state index in [9.17, 15) is 0 Å². The second kappa shape index (κ2) is 11.0. The van der Waals surface area contributed by atoms with Gasteiger partial charge in [0.05, 0.1) is 0 Å². The first-order valence-corrected chi connectivity index (χ1v) is 12.9. The van der Waals surface area contributed by atoms with E-state index in [1.54, 1.807) is 12.3 Å². The molecule has 2 aromatic heterocycles. The van der Waals surface area contributed by atoms with Crippen molar-refractivity contribution >= 4 is 28.0 Å². The topological polar surface area (TPSA) is 92.4 Å². The minimum atomic E-state index is 0.424. The van der Waals surface area contributed by atoms with Crippen molar-refractivity contribution in [3.63, 3.8) is 0 Å². The predicted octanol–water partition coefficient (Wildman–Crippen LogP) is 4.56. The van der Waals surface area contributed by atoms with Crippen LogP contribution in [0.3, 0.4) is 0 Å². The van der Waals surface area contributed by atoms with Crippen LogP contribution in [0.2, 0.25) is 0 Å². The zero-order valence-electron chi connectivity index (χ0n) is 20.6. The van der Waals surface area contributed by atoms with Crippen molar-refractivity contribution in [1.29, 1.82) is 0 Å². The average Bonchev–Trinajstić information content (AvgIpc) is 3.35. The number of ether oxygens (including phenoxy) is 1. The second-order valence-corrected chi connectivity index (χ2v) is 9.99. The molecule has 0 radical (unpaired) electrons. The lowest BCUT2D eigenvalue weighted by Crippen LogP contribution is -2.43. The molecule has 3 N–H and O–H groups in total. The van der Waals surface area contributed by atoms with Crippen LogP contribution in [0.5, 0.6) is 5.75 Å². The summed E-state index contributed by atoms with van der Waals surface area (Å²) in [5, 5.41) is 6.07. The molecule has 0 spiro atoms. The summed E-state index contributed by atoms with van der Waals surface area (Å²) in [5.41, 5.74) is 11.0. The summed E-state index contributed by atoms with van der Waals surface area (Å²) in [6.45, 7) is 8.11. The summed E-state index contributed by atoms with van der Waals surface area (Å²) >= 11 is 1.49. The molecule has 1 saturated heterocycles. The first-order valence-electron chi connectivity index (χ1n) is 12.1. The van der Waals surface area contributed by atoms with E-state index in [4.69, 9.17) is 10.5 Å². The maximum Gasteiger partial charge on any atom is 0.187 e. The van der Waals surface area contributed by atoms with E-state index >= 15 is 0 Å². The van der Waals surface area contributed by atoms with E-state index in [0.29, 0.717) is 23.9 Å². The molecule has 8 nitrogen and oxygen atoms in total. The summed E-state index contributed by atoms with van der Waals surface area (Å²) in [5.74, 6) is 1.75. The minimum absolute atomic E-state index is 0.424. The molecule has 1 fully saturated rings. The third-order valence-corrected chi connectivity index (χ3v) is 7.05. The summed E-state index contributed by atoms with van der Waals surface area (Å²) in [6, 6.07) is 16.5. The van der Waals surface area contributed by atoms with Gasteiger partial charge in [-0.05, 0) is 42.8 Å². The molecular formula is C27H31N7OS. The number of nitrogens with one attached hydrogen (secondary N) is 1. The molecule has 186 valence electrons. The summed E-state index contributed by atoms with van der Waals surface area (Å²) in [6.07, 6.45) is 1.64. The number of nitrogens with two attached hydrogens (primary N) is 1. The largest absolute Gasteiger partial charge is 0.489 e. The Morgan fingerprint density at radius 3 is 2.56 bits per heavy atom. The highest BCUT2D eigenvalue weighted by Gasteiger charge is 2.14. The van der Waals surface area contributed by atoms with Crippen molar-refractivity contribution in [2.75, 3.05) is 44.3 Å². The molecule has 4 aromatic rings. The number of rotatable bonds is 8. The lowest BCUT2D eigenvalue weighted by molar-refractivity contribution is 0.148. The minimum Gasteiger partial charge on any atom is -0.489 e. The molecule has 1 aliphatic heterocycles. The lowest BCUT2D eigenvalue weighted by Gasteiger charge is -2.32.